The number of amides is 1. The van der Waals surface area contributed by atoms with Crippen molar-refractivity contribution in [2.24, 2.45) is 5.92 Å². The molecule has 6 heteroatoms. The summed E-state index contributed by atoms with van der Waals surface area (Å²) in [5.41, 5.74) is 1.34. The van der Waals surface area contributed by atoms with Crippen molar-refractivity contribution in [3.8, 4) is 0 Å². The number of halogens is 1. The minimum absolute atomic E-state index is 0.0893. The van der Waals surface area contributed by atoms with Gasteiger partial charge in [-0.1, -0.05) is 11.6 Å². The molecule has 0 saturated carbocycles. The molecule has 5 rings (SSSR count). The molecule has 2 aromatic heterocycles. The Morgan fingerprint density at radius 3 is 2.86 bits per heavy atom. The second-order valence-electron chi connectivity index (χ2n) is 5.98. The highest BCUT2D eigenvalue weighted by molar-refractivity contribution is 6.31. The third-order valence-corrected chi connectivity index (χ3v) is 4.86. The van der Waals surface area contributed by atoms with Gasteiger partial charge < -0.3 is 14.6 Å². The third-order valence-electron chi connectivity index (χ3n) is 4.66. The van der Waals surface area contributed by atoms with Crippen LogP contribution in [0.25, 0.3) is 5.52 Å². The van der Waals surface area contributed by atoms with Gasteiger partial charge in [0, 0.05) is 18.8 Å². The highest BCUT2D eigenvalue weighted by Gasteiger charge is 2.35. The predicted octanol–water partition coefficient (Wildman–Crippen LogP) is 1.81. The van der Waals surface area contributed by atoms with E-state index in [1.807, 2.05) is 10.5 Å². The van der Waals surface area contributed by atoms with E-state index in [0.717, 1.165) is 12.1 Å². The Balaban J connectivity index is 1.53. The molecular formula is C15H17ClN4O. The van der Waals surface area contributed by atoms with Crippen LogP contribution in [-0.2, 0) is 0 Å². The molecule has 0 radical (unpaired) electrons. The number of carbonyl (C=O) groups excluding carboxylic acids is 1. The van der Waals surface area contributed by atoms with Crippen molar-refractivity contribution in [2.75, 3.05) is 19.6 Å². The van der Waals surface area contributed by atoms with Crippen LogP contribution in [0.1, 0.15) is 23.3 Å². The molecule has 0 spiro atoms. The number of carbonyl (C=O) groups is 1. The van der Waals surface area contributed by atoms with E-state index in [2.05, 4.69) is 15.2 Å². The molecule has 1 N–H and O–H groups in total. The summed E-state index contributed by atoms with van der Waals surface area (Å²) >= 11 is 5.96. The van der Waals surface area contributed by atoms with Crippen LogP contribution < -0.4 is 5.32 Å². The smallest absolute Gasteiger partial charge is 0.270 e. The summed E-state index contributed by atoms with van der Waals surface area (Å²) in [6, 6.07) is 3.87. The van der Waals surface area contributed by atoms with Crippen molar-refractivity contribution in [3.63, 3.8) is 0 Å². The molecule has 1 atom stereocenters. The number of piperidine rings is 3. The van der Waals surface area contributed by atoms with E-state index in [1.165, 1.54) is 25.9 Å². The second-order valence-corrected chi connectivity index (χ2v) is 6.42. The molecule has 1 amide bonds. The lowest BCUT2D eigenvalue weighted by Crippen LogP contribution is -2.57. The van der Waals surface area contributed by atoms with E-state index in [0.29, 0.717) is 16.6 Å². The molecule has 3 aliphatic rings. The maximum atomic E-state index is 12.4. The molecule has 5 heterocycles. The summed E-state index contributed by atoms with van der Waals surface area (Å²) in [4.78, 5) is 19.1. The Labute approximate surface area is 127 Å². The van der Waals surface area contributed by atoms with Gasteiger partial charge in [-0.05, 0) is 44.0 Å². The quantitative estimate of drug-likeness (QED) is 0.920. The number of nitrogens with zero attached hydrogens (tertiary/aromatic N) is 3. The van der Waals surface area contributed by atoms with Crippen LogP contribution >= 0.6 is 11.6 Å². The van der Waals surface area contributed by atoms with Gasteiger partial charge in [0.05, 0.1) is 10.5 Å². The van der Waals surface area contributed by atoms with Gasteiger partial charge in [-0.2, -0.15) is 0 Å². The zero-order valence-corrected chi connectivity index (χ0v) is 12.4. The van der Waals surface area contributed by atoms with Gasteiger partial charge >= 0.3 is 0 Å². The number of nitrogens with one attached hydrogen (secondary N) is 1. The van der Waals surface area contributed by atoms with E-state index in [1.54, 1.807) is 18.6 Å². The first-order valence-electron chi connectivity index (χ1n) is 7.35. The molecule has 3 fully saturated rings. The Morgan fingerprint density at radius 2 is 2.14 bits per heavy atom. The summed E-state index contributed by atoms with van der Waals surface area (Å²) in [6.07, 6.45) is 5.78. The number of fused-ring (bicyclic) bond motifs is 4. The lowest BCUT2D eigenvalue weighted by molar-refractivity contribution is 0.0617. The van der Waals surface area contributed by atoms with Crippen LogP contribution in [0.2, 0.25) is 5.02 Å². The molecule has 0 unspecified atom stereocenters. The lowest BCUT2D eigenvalue weighted by Gasteiger charge is -2.44. The molecule has 0 aliphatic carbocycles. The minimum Gasteiger partial charge on any atom is -0.346 e. The normalized spacial score (nSPS) is 28.0. The second kappa shape index (κ2) is 5.00. The van der Waals surface area contributed by atoms with E-state index in [-0.39, 0.29) is 11.9 Å². The SMILES string of the molecule is O=C(N[C@H]1CN2CCC1CC2)c1cc2cc(Cl)cn2cn1. The largest absolute Gasteiger partial charge is 0.346 e. The molecule has 110 valence electrons. The van der Waals surface area contributed by atoms with E-state index >= 15 is 0 Å². The summed E-state index contributed by atoms with van der Waals surface area (Å²) in [6.45, 7) is 3.31. The zero-order chi connectivity index (χ0) is 14.4. The molecule has 2 aromatic rings. The highest BCUT2D eigenvalue weighted by atomic mass is 35.5. The fourth-order valence-corrected chi connectivity index (χ4v) is 3.69. The van der Waals surface area contributed by atoms with Crippen molar-refractivity contribution in [1.82, 2.24) is 19.6 Å². The number of hydrogen-bond acceptors (Lipinski definition) is 3. The molecular weight excluding hydrogens is 288 g/mol. The first kappa shape index (κ1) is 13.1. The summed E-state index contributed by atoms with van der Waals surface area (Å²) in [7, 11) is 0. The van der Waals surface area contributed by atoms with Gasteiger partial charge in [0.1, 0.15) is 12.0 Å². The van der Waals surface area contributed by atoms with Crippen LogP contribution in [0.4, 0.5) is 0 Å². The maximum Gasteiger partial charge on any atom is 0.270 e. The topological polar surface area (TPSA) is 49.6 Å². The molecule has 2 bridgehead atoms. The fourth-order valence-electron chi connectivity index (χ4n) is 3.47. The Bertz CT molecular complexity index is 690. The fraction of sp³-hybridized carbons (Fsp3) is 0.467. The monoisotopic (exact) mass is 304 g/mol. The number of aromatic nitrogens is 2. The Kier molecular flexibility index (Phi) is 3.12. The van der Waals surface area contributed by atoms with Crippen molar-refractivity contribution in [2.45, 2.75) is 18.9 Å². The van der Waals surface area contributed by atoms with Gasteiger partial charge in [0.2, 0.25) is 0 Å². The van der Waals surface area contributed by atoms with Gasteiger partial charge in [0.15, 0.2) is 0 Å². The van der Waals surface area contributed by atoms with Gasteiger partial charge in [-0.3, -0.25) is 4.79 Å². The average Bonchev–Trinajstić information content (AvgIpc) is 2.87. The Morgan fingerprint density at radius 1 is 1.33 bits per heavy atom. The summed E-state index contributed by atoms with van der Waals surface area (Å²) in [5, 5.41) is 3.80. The van der Waals surface area contributed by atoms with E-state index in [9.17, 15) is 4.79 Å². The average molecular weight is 305 g/mol. The number of hydrogen-bond donors (Lipinski definition) is 1. The standard InChI is InChI=1S/C15H17ClN4O/c16-11-5-12-6-13(17-9-20(12)7-11)15(21)18-14-8-19-3-1-10(14)2-4-19/h5-7,9-10,14H,1-4,8H2,(H,18,21)/t14-/m0/s1. The molecule has 21 heavy (non-hydrogen) atoms. The molecule has 3 saturated heterocycles. The van der Waals surface area contributed by atoms with Crippen LogP contribution in [0.5, 0.6) is 0 Å². The van der Waals surface area contributed by atoms with Gasteiger partial charge in [-0.25, -0.2) is 4.98 Å². The summed E-state index contributed by atoms with van der Waals surface area (Å²) < 4.78 is 1.81. The van der Waals surface area contributed by atoms with E-state index < -0.39 is 0 Å². The first-order valence-corrected chi connectivity index (χ1v) is 7.73. The minimum atomic E-state index is -0.0893. The van der Waals surface area contributed by atoms with E-state index in [4.69, 9.17) is 11.6 Å². The zero-order valence-electron chi connectivity index (χ0n) is 11.6. The van der Waals surface area contributed by atoms with Crippen molar-refractivity contribution < 1.29 is 4.79 Å². The molecule has 0 aromatic carbocycles. The van der Waals surface area contributed by atoms with Crippen LogP contribution in [-0.4, -0.2) is 45.9 Å². The van der Waals surface area contributed by atoms with Crippen LogP contribution in [0.3, 0.4) is 0 Å². The van der Waals surface area contributed by atoms with Crippen LogP contribution in [0, 0.1) is 5.92 Å². The van der Waals surface area contributed by atoms with Crippen molar-refractivity contribution in [3.05, 3.63) is 35.4 Å². The lowest BCUT2D eigenvalue weighted by atomic mass is 9.84. The first-order chi connectivity index (χ1) is 10.2. The van der Waals surface area contributed by atoms with Crippen molar-refractivity contribution >= 4 is 23.0 Å². The highest BCUT2D eigenvalue weighted by Crippen LogP contribution is 2.27. The number of rotatable bonds is 2. The van der Waals surface area contributed by atoms with Gasteiger partial charge in [-0.15, -0.1) is 0 Å². The summed E-state index contributed by atoms with van der Waals surface area (Å²) in [5.74, 6) is 0.527. The van der Waals surface area contributed by atoms with Crippen molar-refractivity contribution in [1.29, 1.82) is 0 Å². The third kappa shape index (κ3) is 2.40. The molecule has 3 aliphatic heterocycles. The molecule has 5 nitrogen and oxygen atoms in total. The Hall–Kier alpha value is -1.59. The van der Waals surface area contributed by atoms with Gasteiger partial charge in [0.25, 0.3) is 5.91 Å². The van der Waals surface area contributed by atoms with Crippen LogP contribution in [0.15, 0.2) is 24.7 Å². The maximum absolute atomic E-state index is 12.4. The predicted molar refractivity (Wildman–Crippen MR) is 80.6 cm³/mol.